The molecule has 0 radical (unpaired) electrons. The summed E-state index contributed by atoms with van der Waals surface area (Å²) >= 11 is 0. The Hall–Kier alpha value is -1.46. The van der Waals surface area contributed by atoms with Crippen molar-refractivity contribution in [3.63, 3.8) is 0 Å². The molecule has 88 valence electrons. The zero-order valence-corrected chi connectivity index (χ0v) is 9.70. The predicted molar refractivity (Wildman–Crippen MR) is 57.4 cm³/mol. The third-order valence-electron chi connectivity index (χ3n) is 2.56. The minimum absolute atomic E-state index is 0.114. The second kappa shape index (κ2) is 4.59. The average molecular weight is 223 g/mol. The minimum Gasteiger partial charge on any atom is -0.338 e. The van der Waals surface area contributed by atoms with E-state index in [-0.39, 0.29) is 12.5 Å². The Kier molecular flexibility index (Phi) is 3.17. The highest BCUT2D eigenvalue weighted by atomic mass is 16.2. The molecule has 2 rings (SSSR count). The van der Waals surface area contributed by atoms with Crippen molar-refractivity contribution in [1.82, 2.24) is 25.1 Å². The fourth-order valence-corrected chi connectivity index (χ4v) is 1.72. The summed E-state index contributed by atoms with van der Waals surface area (Å²) in [5.41, 5.74) is 0. The van der Waals surface area contributed by atoms with Gasteiger partial charge in [0, 0.05) is 12.6 Å². The maximum atomic E-state index is 12.0. The van der Waals surface area contributed by atoms with Crippen LogP contribution in [0.15, 0.2) is 6.33 Å². The summed E-state index contributed by atoms with van der Waals surface area (Å²) in [7, 11) is 0. The van der Waals surface area contributed by atoms with Crippen LogP contribution < -0.4 is 0 Å². The molecule has 0 bridgehead atoms. The van der Waals surface area contributed by atoms with Gasteiger partial charge in [-0.25, -0.2) is 4.68 Å². The van der Waals surface area contributed by atoms with Gasteiger partial charge in [-0.3, -0.25) is 4.79 Å². The van der Waals surface area contributed by atoms with E-state index in [1.807, 2.05) is 4.90 Å². The quantitative estimate of drug-likeness (QED) is 0.721. The largest absolute Gasteiger partial charge is 0.338 e. The molecule has 1 fully saturated rings. The van der Waals surface area contributed by atoms with Gasteiger partial charge in [-0.1, -0.05) is 13.8 Å². The first-order chi connectivity index (χ1) is 7.66. The molecule has 16 heavy (non-hydrogen) atoms. The Morgan fingerprint density at radius 2 is 2.31 bits per heavy atom. The molecule has 1 aromatic heterocycles. The van der Waals surface area contributed by atoms with Crippen molar-refractivity contribution in [3.05, 3.63) is 6.33 Å². The van der Waals surface area contributed by atoms with E-state index in [0.717, 1.165) is 19.4 Å². The summed E-state index contributed by atoms with van der Waals surface area (Å²) in [6, 6.07) is 0.450. The van der Waals surface area contributed by atoms with Crippen LogP contribution in [0.5, 0.6) is 0 Å². The van der Waals surface area contributed by atoms with Crippen molar-refractivity contribution in [1.29, 1.82) is 0 Å². The number of aromatic nitrogens is 4. The molecule has 1 saturated carbocycles. The van der Waals surface area contributed by atoms with Crippen LogP contribution >= 0.6 is 0 Å². The van der Waals surface area contributed by atoms with Gasteiger partial charge in [-0.2, -0.15) is 0 Å². The van der Waals surface area contributed by atoms with Gasteiger partial charge in [0.2, 0.25) is 5.91 Å². The summed E-state index contributed by atoms with van der Waals surface area (Å²) in [5.74, 6) is 0.613. The third-order valence-corrected chi connectivity index (χ3v) is 2.56. The molecule has 6 heteroatoms. The number of carbonyl (C=O) groups is 1. The summed E-state index contributed by atoms with van der Waals surface area (Å²) in [5, 5.41) is 10.7. The van der Waals surface area contributed by atoms with E-state index in [1.54, 1.807) is 0 Å². The average Bonchev–Trinajstić information content (AvgIpc) is 2.94. The maximum absolute atomic E-state index is 12.0. The fraction of sp³-hybridized carbons (Fsp3) is 0.800. The lowest BCUT2D eigenvalue weighted by Crippen LogP contribution is -2.38. The molecular weight excluding hydrogens is 206 g/mol. The summed E-state index contributed by atoms with van der Waals surface area (Å²) in [6.45, 7) is 5.32. The second-order valence-corrected chi connectivity index (χ2v) is 4.68. The van der Waals surface area contributed by atoms with E-state index < -0.39 is 0 Å². The van der Waals surface area contributed by atoms with Crippen LogP contribution in [0.1, 0.15) is 26.7 Å². The van der Waals surface area contributed by atoms with Gasteiger partial charge in [-0.05, 0) is 29.2 Å². The van der Waals surface area contributed by atoms with Crippen LogP contribution in [0.4, 0.5) is 0 Å². The number of hydrogen-bond donors (Lipinski definition) is 0. The van der Waals surface area contributed by atoms with Crippen molar-refractivity contribution in [2.75, 3.05) is 6.54 Å². The number of tetrazole rings is 1. The first-order valence-electron chi connectivity index (χ1n) is 5.67. The lowest BCUT2D eigenvalue weighted by atomic mass is 10.2. The Balaban J connectivity index is 1.94. The highest BCUT2D eigenvalue weighted by molar-refractivity contribution is 5.76. The predicted octanol–water partition coefficient (Wildman–Crippen LogP) is 0.320. The number of hydrogen-bond acceptors (Lipinski definition) is 4. The molecule has 1 aliphatic rings. The van der Waals surface area contributed by atoms with Crippen molar-refractivity contribution in [3.8, 4) is 0 Å². The fourth-order valence-electron chi connectivity index (χ4n) is 1.72. The lowest BCUT2D eigenvalue weighted by Gasteiger charge is -2.24. The van der Waals surface area contributed by atoms with Crippen molar-refractivity contribution in [2.24, 2.45) is 5.92 Å². The molecule has 0 saturated heterocycles. The Morgan fingerprint density at radius 3 is 2.81 bits per heavy atom. The van der Waals surface area contributed by atoms with Gasteiger partial charge in [0.15, 0.2) is 0 Å². The van der Waals surface area contributed by atoms with Crippen molar-refractivity contribution >= 4 is 5.91 Å². The Morgan fingerprint density at radius 1 is 1.56 bits per heavy atom. The Bertz CT molecular complexity index is 344. The normalized spacial score (nSPS) is 15.4. The van der Waals surface area contributed by atoms with E-state index >= 15 is 0 Å². The monoisotopic (exact) mass is 223 g/mol. The molecule has 1 heterocycles. The van der Waals surface area contributed by atoms with Crippen LogP contribution in [0, 0.1) is 5.92 Å². The van der Waals surface area contributed by atoms with Crippen LogP contribution in [-0.4, -0.2) is 43.6 Å². The maximum Gasteiger partial charge on any atom is 0.244 e. The van der Waals surface area contributed by atoms with E-state index in [4.69, 9.17) is 0 Å². The van der Waals surface area contributed by atoms with Crippen LogP contribution in [0.3, 0.4) is 0 Å². The van der Waals surface area contributed by atoms with Gasteiger partial charge in [0.25, 0.3) is 0 Å². The molecule has 6 nitrogen and oxygen atoms in total. The zero-order valence-electron chi connectivity index (χ0n) is 9.70. The molecule has 0 atom stereocenters. The molecule has 1 amide bonds. The molecule has 1 aromatic rings. The van der Waals surface area contributed by atoms with E-state index in [2.05, 4.69) is 29.4 Å². The third kappa shape index (κ3) is 2.77. The molecule has 0 aromatic carbocycles. The van der Waals surface area contributed by atoms with Gasteiger partial charge >= 0.3 is 0 Å². The number of amides is 1. The highest BCUT2D eigenvalue weighted by Crippen LogP contribution is 2.27. The van der Waals surface area contributed by atoms with E-state index in [0.29, 0.717) is 12.0 Å². The number of carbonyl (C=O) groups excluding carboxylic acids is 1. The number of nitrogens with zero attached hydrogens (tertiary/aromatic N) is 5. The van der Waals surface area contributed by atoms with Crippen molar-refractivity contribution in [2.45, 2.75) is 39.3 Å². The molecule has 0 N–H and O–H groups in total. The first kappa shape index (κ1) is 11.0. The highest BCUT2D eigenvalue weighted by Gasteiger charge is 2.32. The minimum atomic E-state index is 0.114. The summed E-state index contributed by atoms with van der Waals surface area (Å²) < 4.78 is 1.47. The van der Waals surface area contributed by atoms with E-state index in [9.17, 15) is 4.79 Å². The topological polar surface area (TPSA) is 63.9 Å². The molecule has 1 aliphatic carbocycles. The standard InChI is InChI=1S/C10H17N5O/c1-8(2)5-15(9-3-4-9)10(16)6-14-7-11-12-13-14/h7-9H,3-6H2,1-2H3. The molecule has 0 aliphatic heterocycles. The Labute approximate surface area is 94.6 Å². The summed E-state index contributed by atoms with van der Waals surface area (Å²) in [4.78, 5) is 14.0. The molecule has 0 spiro atoms. The SMILES string of the molecule is CC(C)CN(C(=O)Cn1cnnn1)C1CC1. The summed E-state index contributed by atoms with van der Waals surface area (Å²) in [6.07, 6.45) is 3.74. The first-order valence-corrected chi connectivity index (χ1v) is 5.67. The molecule has 0 unspecified atom stereocenters. The van der Waals surface area contributed by atoms with Gasteiger partial charge in [0.1, 0.15) is 12.9 Å². The second-order valence-electron chi connectivity index (χ2n) is 4.68. The smallest absolute Gasteiger partial charge is 0.244 e. The van der Waals surface area contributed by atoms with Gasteiger partial charge in [0.05, 0.1) is 0 Å². The zero-order chi connectivity index (χ0) is 11.5. The van der Waals surface area contributed by atoms with Crippen LogP contribution in [0.25, 0.3) is 0 Å². The lowest BCUT2D eigenvalue weighted by molar-refractivity contribution is -0.133. The molecular formula is C10H17N5O. The van der Waals surface area contributed by atoms with Crippen LogP contribution in [-0.2, 0) is 11.3 Å². The van der Waals surface area contributed by atoms with Crippen molar-refractivity contribution < 1.29 is 4.79 Å². The van der Waals surface area contributed by atoms with Gasteiger partial charge in [-0.15, -0.1) is 5.10 Å². The number of rotatable bonds is 5. The van der Waals surface area contributed by atoms with Crippen LogP contribution in [0.2, 0.25) is 0 Å². The van der Waals surface area contributed by atoms with Gasteiger partial charge < -0.3 is 4.90 Å². The van der Waals surface area contributed by atoms with E-state index in [1.165, 1.54) is 11.0 Å².